The second kappa shape index (κ2) is 9.52. The van der Waals surface area contributed by atoms with Gasteiger partial charge in [0.1, 0.15) is 11.6 Å². The number of fused-ring (bicyclic) bond motifs is 3. The van der Waals surface area contributed by atoms with Crippen molar-refractivity contribution in [3.05, 3.63) is 90.0 Å². The summed E-state index contributed by atoms with van der Waals surface area (Å²) in [5.74, 6) is 0.859. The fourth-order valence-electron chi connectivity index (χ4n) is 3.87. The molecule has 170 valence electrons. The number of para-hydroxylation sites is 3. The van der Waals surface area contributed by atoms with Crippen molar-refractivity contribution in [3.63, 3.8) is 0 Å². The average Bonchev–Trinajstić information content (AvgIpc) is 3.22. The number of thioether (sulfide) groups is 1. The van der Waals surface area contributed by atoms with Crippen molar-refractivity contribution in [1.82, 2.24) is 4.90 Å². The van der Waals surface area contributed by atoms with E-state index in [1.807, 2.05) is 79.7 Å². The van der Waals surface area contributed by atoms with Gasteiger partial charge in [-0.25, -0.2) is 14.9 Å². The van der Waals surface area contributed by atoms with Gasteiger partial charge in [0.25, 0.3) is 5.91 Å². The molecule has 0 spiro atoms. The number of ether oxygens (including phenoxy) is 1. The number of nitrogens with one attached hydrogen (secondary N) is 1. The Bertz CT molecular complexity index is 1310. The Hall–Kier alpha value is -3.91. The van der Waals surface area contributed by atoms with E-state index in [1.165, 1.54) is 16.7 Å². The molecule has 0 saturated carbocycles. The number of hydrogen-bond donors (Lipinski definition) is 1. The average molecular weight is 471 g/mol. The maximum atomic E-state index is 13.4. The number of amides is 2. The van der Waals surface area contributed by atoms with Crippen LogP contribution < -0.4 is 10.1 Å². The van der Waals surface area contributed by atoms with Crippen LogP contribution >= 0.6 is 11.8 Å². The van der Waals surface area contributed by atoms with Crippen molar-refractivity contribution in [3.8, 4) is 5.75 Å². The molecule has 2 aliphatic heterocycles. The molecule has 8 heteroatoms. The highest BCUT2D eigenvalue weighted by atomic mass is 32.2. The Kier molecular flexibility index (Phi) is 6.14. The number of rotatable bonds is 6. The summed E-state index contributed by atoms with van der Waals surface area (Å²) in [5.41, 5.74) is 2.95. The lowest BCUT2D eigenvalue weighted by molar-refractivity contribution is -0.124. The van der Waals surface area contributed by atoms with Crippen molar-refractivity contribution < 1.29 is 14.3 Å². The number of benzene rings is 3. The first-order valence-electron chi connectivity index (χ1n) is 10.9. The molecule has 3 aromatic carbocycles. The monoisotopic (exact) mass is 470 g/mol. The Morgan fingerprint density at radius 2 is 1.76 bits per heavy atom. The smallest absolute Gasteiger partial charge is 0.263 e. The van der Waals surface area contributed by atoms with Crippen molar-refractivity contribution in [2.45, 2.75) is 13.0 Å². The van der Waals surface area contributed by atoms with E-state index >= 15 is 0 Å². The van der Waals surface area contributed by atoms with E-state index in [0.29, 0.717) is 29.0 Å². The highest BCUT2D eigenvalue weighted by Crippen LogP contribution is 2.37. The predicted octanol–water partition coefficient (Wildman–Crippen LogP) is 4.79. The van der Waals surface area contributed by atoms with Gasteiger partial charge >= 0.3 is 0 Å². The molecule has 2 heterocycles. The SMILES string of the molecule is CCOc1ccccc1NC(=O)CSC1=Nc2ccccc2C2=NC(c3ccccc3)C(=O)N12. The normalized spacial score (nSPS) is 16.3. The van der Waals surface area contributed by atoms with Gasteiger partial charge in [0.05, 0.1) is 23.7 Å². The second-order valence-electron chi connectivity index (χ2n) is 7.62. The zero-order chi connectivity index (χ0) is 23.5. The van der Waals surface area contributed by atoms with Crippen molar-refractivity contribution >= 4 is 46.0 Å². The van der Waals surface area contributed by atoms with Crippen LogP contribution in [0.1, 0.15) is 24.1 Å². The van der Waals surface area contributed by atoms with Crippen LogP contribution in [0.2, 0.25) is 0 Å². The highest BCUT2D eigenvalue weighted by molar-refractivity contribution is 8.14. The zero-order valence-corrected chi connectivity index (χ0v) is 19.3. The molecule has 2 aliphatic rings. The number of carbonyl (C=O) groups excluding carboxylic acids is 2. The van der Waals surface area contributed by atoms with Gasteiger partial charge in [0.2, 0.25) is 5.91 Å². The summed E-state index contributed by atoms with van der Waals surface area (Å²) in [6.07, 6.45) is 0. The maximum absolute atomic E-state index is 13.4. The third-order valence-electron chi connectivity index (χ3n) is 5.38. The number of hydrogen-bond acceptors (Lipinski definition) is 6. The van der Waals surface area contributed by atoms with E-state index in [2.05, 4.69) is 5.32 Å². The minimum atomic E-state index is -0.639. The van der Waals surface area contributed by atoms with Gasteiger partial charge < -0.3 is 10.1 Å². The number of anilines is 1. The first-order valence-corrected chi connectivity index (χ1v) is 11.9. The number of nitrogens with zero attached hydrogens (tertiary/aromatic N) is 3. The van der Waals surface area contributed by atoms with Crippen molar-refractivity contribution in [2.24, 2.45) is 9.98 Å². The van der Waals surface area contributed by atoms with Crippen LogP contribution in [0.15, 0.2) is 88.8 Å². The molecule has 5 rings (SSSR count). The van der Waals surface area contributed by atoms with Crippen LogP contribution in [-0.2, 0) is 9.59 Å². The van der Waals surface area contributed by atoms with Gasteiger partial charge in [-0.1, -0.05) is 66.4 Å². The molecule has 0 radical (unpaired) electrons. The first kappa shape index (κ1) is 21.9. The molecule has 34 heavy (non-hydrogen) atoms. The standard InChI is InChI=1S/C26H22N4O3S/c1-2-33-21-15-9-8-14-20(21)27-22(31)16-34-26-28-19-13-7-6-12-18(19)24-29-23(25(32)30(24)26)17-10-4-3-5-11-17/h3-15,23H,2,16H2,1H3,(H,27,31). The largest absolute Gasteiger partial charge is 0.492 e. The molecular weight excluding hydrogens is 448 g/mol. The summed E-state index contributed by atoms with van der Waals surface area (Å²) in [6, 6.07) is 23.7. The van der Waals surface area contributed by atoms with Gasteiger partial charge in [-0.2, -0.15) is 0 Å². The van der Waals surface area contributed by atoms with E-state index in [-0.39, 0.29) is 17.6 Å². The Morgan fingerprint density at radius 3 is 2.59 bits per heavy atom. The molecular formula is C26H22N4O3S. The minimum absolute atomic E-state index is 0.0779. The molecule has 1 atom stereocenters. The van der Waals surface area contributed by atoms with Crippen molar-refractivity contribution in [2.75, 3.05) is 17.7 Å². The molecule has 3 aromatic rings. The lowest BCUT2D eigenvalue weighted by Crippen LogP contribution is -2.40. The Labute approximate surface area is 201 Å². The van der Waals surface area contributed by atoms with Crippen LogP contribution in [0.5, 0.6) is 5.75 Å². The predicted molar refractivity (Wildman–Crippen MR) is 135 cm³/mol. The Balaban J connectivity index is 1.38. The summed E-state index contributed by atoms with van der Waals surface area (Å²) in [4.78, 5) is 37.1. The Morgan fingerprint density at radius 1 is 1.03 bits per heavy atom. The van der Waals surface area contributed by atoms with Crippen LogP contribution in [0, 0.1) is 0 Å². The molecule has 0 fully saturated rings. The maximum Gasteiger partial charge on any atom is 0.263 e. The molecule has 1 unspecified atom stereocenters. The van der Waals surface area contributed by atoms with Gasteiger partial charge in [0.15, 0.2) is 11.2 Å². The lowest BCUT2D eigenvalue weighted by Gasteiger charge is -2.25. The molecule has 2 amide bonds. The van der Waals surface area contributed by atoms with Gasteiger partial charge in [0, 0.05) is 5.56 Å². The third-order valence-corrected chi connectivity index (χ3v) is 6.32. The van der Waals surface area contributed by atoms with Gasteiger partial charge in [-0.3, -0.25) is 9.59 Å². The molecule has 0 saturated heterocycles. The van der Waals surface area contributed by atoms with Crippen LogP contribution in [0.4, 0.5) is 11.4 Å². The lowest BCUT2D eigenvalue weighted by atomic mass is 10.1. The summed E-state index contributed by atoms with van der Waals surface area (Å²) in [5, 5.41) is 3.33. The zero-order valence-electron chi connectivity index (χ0n) is 18.5. The number of carbonyl (C=O) groups is 2. The summed E-state index contributed by atoms with van der Waals surface area (Å²) in [6.45, 7) is 2.39. The molecule has 0 aliphatic carbocycles. The van der Waals surface area contributed by atoms with E-state index in [1.54, 1.807) is 6.07 Å². The van der Waals surface area contributed by atoms with E-state index in [4.69, 9.17) is 14.7 Å². The summed E-state index contributed by atoms with van der Waals surface area (Å²) >= 11 is 1.21. The number of aliphatic imine (C=N–C) groups is 2. The van der Waals surface area contributed by atoms with Gasteiger partial charge in [-0.05, 0) is 36.8 Å². The third kappa shape index (κ3) is 4.20. The molecule has 0 aromatic heterocycles. The quantitative estimate of drug-likeness (QED) is 0.562. The molecule has 7 nitrogen and oxygen atoms in total. The van der Waals surface area contributed by atoms with Crippen LogP contribution in [-0.4, -0.2) is 40.1 Å². The molecule has 0 bridgehead atoms. The first-order chi connectivity index (χ1) is 16.7. The summed E-state index contributed by atoms with van der Waals surface area (Å²) < 4.78 is 5.58. The van der Waals surface area contributed by atoms with E-state index in [9.17, 15) is 9.59 Å². The van der Waals surface area contributed by atoms with E-state index in [0.717, 1.165) is 16.8 Å². The number of amidine groups is 2. The minimum Gasteiger partial charge on any atom is -0.492 e. The topological polar surface area (TPSA) is 83.4 Å². The van der Waals surface area contributed by atoms with Crippen LogP contribution in [0.3, 0.4) is 0 Å². The van der Waals surface area contributed by atoms with Gasteiger partial charge in [-0.15, -0.1) is 0 Å². The molecule has 1 N–H and O–H groups in total. The summed E-state index contributed by atoms with van der Waals surface area (Å²) in [7, 11) is 0. The van der Waals surface area contributed by atoms with E-state index < -0.39 is 6.04 Å². The van der Waals surface area contributed by atoms with Crippen LogP contribution in [0.25, 0.3) is 0 Å². The fraction of sp³-hybridized carbons (Fsp3) is 0.154. The highest BCUT2D eigenvalue weighted by Gasteiger charge is 2.42. The van der Waals surface area contributed by atoms with Crippen molar-refractivity contribution in [1.29, 1.82) is 0 Å². The second-order valence-corrected chi connectivity index (χ2v) is 8.56. The fourth-order valence-corrected chi connectivity index (χ4v) is 4.67.